The minimum atomic E-state index is -0.0517. The molecule has 0 radical (unpaired) electrons. The third-order valence-corrected chi connectivity index (χ3v) is 4.57. The number of esters is 1. The van der Waals surface area contributed by atoms with Crippen molar-refractivity contribution in [2.45, 2.75) is 58.5 Å². The zero-order chi connectivity index (χ0) is 18.1. The van der Waals surface area contributed by atoms with E-state index >= 15 is 0 Å². The Morgan fingerprint density at radius 1 is 1.36 bits per heavy atom. The van der Waals surface area contributed by atoms with Crippen LogP contribution >= 0.6 is 0 Å². The predicted octanol–water partition coefficient (Wildman–Crippen LogP) is 1.13. The lowest BCUT2D eigenvalue weighted by molar-refractivity contribution is -0.149. The minimum absolute atomic E-state index is 0.0502. The fraction of sp³-hybridized carbons (Fsp3) is 0.765. The average molecular weight is 350 g/mol. The topological polar surface area (TPSA) is 93.4 Å². The highest BCUT2D eigenvalue weighted by atomic mass is 16.5. The van der Waals surface area contributed by atoms with Gasteiger partial charge >= 0.3 is 5.97 Å². The van der Waals surface area contributed by atoms with Crippen molar-refractivity contribution in [1.82, 2.24) is 25.4 Å². The van der Waals surface area contributed by atoms with Crippen molar-refractivity contribution < 1.29 is 9.53 Å². The summed E-state index contributed by atoms with van der Waals surface area (Å²) in [5, 5.41) is 14.8. The molecule has 2 rings (SSSR count). The van der Waals surface area contributed by atoms with Crippen molar-refractivity contribution in [3.05, 3.63) is 12.2 Å². The molecule has 0 spiro atoms. The van der Waals surface area contributed by atoms with Gasteiger partial charge in [-0.2, -0.15) is 0 Å². The largest absolute Gasteiger partial charge is 0.466 e. The van der Waals surface area contributed by atoms with Gasteiger partial charge in [-0.1, -0.05) is 6.92 Å². The van der Waals surface area contributed by atoms with Crippen LogP contribution in [0.25, 0.3) is 0 Å². The molecule has 0 unspecified atom stereocenters. The first-order chi connectivity index (χ1) is 12.2. The fourth-order valence-corrected chi connectivity index (χ4v) is 3.16. The van der Waals surface area contributed by atoms with Crippen molar-refractivity contribution in [3.8, 4) is 0 Å². The zero-order valence-electron chi connectivity index (χ0n) is 15.5. The molecule has 1 fully saturated rings. The van der Waals surface area contributed by atoms with Crippen LogP contribution in [0.15, 0.2) is 11.3 Å². The Morgan fingerprint density at radius 3 is 2.76 bits per heavy atom. The Morgan fingerprint density at radius 2 is 2.12 bits per heavy atom. The van der Waals surface area contributed by atoms with Gasteiger partial charge in [0, 0.05) is 32.6 Å². The summed E-state index contributed by atoms with van der Waals surface area (Å²) in [4.78, 5) is 16.1. The number of ether oxygens (including phenoxy) is 1. The van der Waals surface area contributed by atoms with E-state index in [1.807, 2.05) is 11.5 Å². The van der Waals surface area contributed by atoms with E-state index < -0.39 is 0 Å². The number of guanidine groups is 1. The number of rotatable bonds is 7. The number of carbonyl (C=O) groups excluding carboxylic acids is 1. The van der Waals surface area contributed by atoms with Crippen LogP contribution in [-0.2, 0) is 22.5 Å². The number of hydrogen-bond acceptors (Lipinski definition) is 5. The molecular formula is C17H30N6O2. The molecule has 0 atom stereocenters. The van der Waals surface area contributed by atoms with Crippen LogP contribution in [0.1, 0.15) is 45.4 Å². The molecule has 0 aromatic carbocycles. The quantitative estimate of drug-likeness (QED) is 0.435. The second kappa shape index (κ2) is 10.0. The summed E-state index contributed by atoms with van der Waals surface area (Å²) in [7, 11) is 1.77. The molecule has 0 bridgehead atoms. The van der Waals surface area contributed by atoms with E-state index in [4.69, 9.17) is 4.74 Å². The van der Waals surface area contributed by atoms with Gasteiger partial charge in [-0.05, 0) is 32.6 Å². The lowest BCUT2D eigenvalue weighted by atomic mass is 9.86. The van der Waals surface area contributed by atoms with Gasteiger partial charge in [0.2, 0.25) is 0 Å². The number of aromatic nitrogens is 3. The summed E-state index contributed by atoms with van der Waals surface area (Å²) < 4.78 is 7.16. The van der Waals surface area contributed by atoms with Crippen LogP contribution in [0.4, 0.5) is 0 Å². The van der Waals surface area contributed by atoms with Gasteiger partial charge in [0.25, 0.3) is 0 Å². The first kappa shape index (κ1) is 19.2. The number of hydrogen-bond donors (Lipinski definition) is 2. The first-order valence-electron chi connectivity index (χ1n) is 9.18. The standard InChI is InChI=1S/C17H30N6O2/c1-4-15-22-20-12-23(15)11-10-19-17(18-3)21-14-8-6-13(7-9-14)16(24)25-5-2/h12-14H,4-11H2,1-3H3,(H2,18,19,21). The Labute approximate surface area is 149 Å². The van der Waals surface area contributed by atoms with Gasteiger partial charge in [-0.25, -0.2) is 0 Å². The maximum Gasteiger partial charge on any atom is 0.308 e. The highest BCUT2D eigenvalue weighted by Gasteiger charge is 2.27. The number of nitrogens with one attached hydrogen (secondary N) is 2. The van der Waals surface area contributed by atoms with Crippen LogP contribution in [0.5, 0.6) is 0 Å². The van der Waals surface area contributed by atoms with Gasteiger partial charge in [0.05, 0.1) is 12.5 Å². The molecule has 0 amide bonds. The van der Waals surface area contributed by atoms with E-state index in [1.54, 1.807) is 13.4 Å². The van der Waals surface area contributed by atoms with E-state index in [0.717, 1.165) is 57.0 Å². The van der Waals surface area contributed by atoms with Crippen molar-refractivity contribution in [1.29, 1.82) is 0 Å². The lowest BCUT2D eigenvalue weighted by Gasteiger charge is -2.29. The van der Waals surface area contributed by atoms with Crippen LogP contribution in [0, 0.1) is 5.92 Å². The second-order valence-corrected chi connectivity index (χ2v) is 6.24. The minimum Gasteiger partial charge on any atom is -0.466 e. The molecule has 8 nitrogen and oxygen atoms in total. The molecule has 0 aliphatic heterocycles. The van der Waals surface area contributed by atoms with E-state index in [9.17, 15) is 4.79 Å². The number of aliphatic imine (C=N–C) groups is 1. The summed E-state index contributed by atoms with van der Waals surface area (Å²) in [6.45, 7) is 5.93. The fourth-order valence-electron chi connectivity index (χ4n) is 3.16. The van der Waals surface area contributed by atoms with Crippen molar-refractivity contribution in [2.24, 2.45) is 10.9 Å². The van der Waals surface area contributed by atoms with Gasteiger partial charge in [0.1, 0.15) is 12.2 Å². The summed E-state index contributed by atoms with van der Waals surface area (Å²) in [6.07, 6.45) is 6.28. The van der Waals surface area contributed by atoms with E-state index in [0.29, 0.717) is 12.6 Å². The Bertz CT molecular complexity index is 563. The lowest BCUT2D eigenvalue weighted by Crippen LogP contribution is -2.46. The van der Waals surface area contributed by atoms with Gasteiger partial charge in [0.15, 0.2) is 5.96 Å². The summed E-state index contributed by atoms with van der Waals surface area (Å²) in [5.41, 5.74) is 0. The smallest absolute Gasteiger partial charge is 0.308 e. The second-order valence-electron chi connectivity index (χ2n) is 6.24. The Kier molecular flexibility index (Phi) is 7.69. The van der Waals surface area contributed by atoms with Crippen LogP contribution in [0.2, 0.25) is 0 Å². The number of nitrogens with zero attached hydrogens (tertiary/aromatic N) is 4. The van der Waals surface area contributed by atoms with Crippen molar-refractivity contribution >= 4 is 11.9 Å². The summed E-state index contributed by atoms with van der Waals surface area (Å²) in [5.74, 6) is 1.78. The maximum atomic E-state index is 11.8. The van der Waals surface area contributed by atoms with Gasteiger partial charge in [-0.15, -0.1) is 10.2 Å². The van der Waals surface area contributed by atoms with Crippen molar-refractivity contribution in [3.63, 3.8) is 0 Å². The maximum absolute atomic E-state index is 11.8. The molecular weight excluding hydrogens is 320 g/mol. The molecule has 1 aliphatic carbocycles. The number of aryl methyl sites for hydroxylation is 1. The monoisotopic (exact) mass is 350 g/mol. The third kappa shape index (κ3) is 5.72. The van der Waals surface area contributed by atoms with E-state index in [-0.39, 0.29) is 11.9 Å². The third-order valence-electron chi connectivity index (χ3n) is 4.57. The number of carbonyl (C=O) groups is 1. The molecule has 1 aromatic heterocycles. The average Bonchev–Trinajstić information content (AvgIpc) is 3.09. The predicted molar refractivity (Wildman–Crippen MR) is 96.3 cm³/mol. The van der Waals surface area contributed by atoms with Gasteiger partial charge < -0.3 is 19.9 Å². The SMILES string of the molecule is CCOC(=O)C1CCC(NC(=NC)NCCn2cnnc2CC)CC1. The van der Waals surface area contributed by atoms with E-state index in [2.05, 4.69) is 32.7 Å². The van der Waals surface area contributed by atoms with Crippen molar-refractivity contribution in [2.75, 3.05) is 20.2 Å². The normalized spacial score (nSPS) is 21.0. The van der Waals surface area contributed by atoms with Crippen LogP contribution in [0.3, 0.4) is 0 Å². The Hall–Kier alpha value is -2.12. The molecule has 1 aliphatic rings. The summed E-state index contributed by atoms with van der Waals surface area (Å²) >= 11 is 0. The molecule has 25 heavy (non-hydrogen) atoms. The zero-order valence-corrected chi connectivity index (χ0v) is 15.5. The molecule has 0 saturated heterocycles. The molecule has 2 N–H and O–H groups in total. The highest BCUT2D eigenvalue weighted by molar-refractivity contribution is 5.80. The Balaban J connectivity index is 1.71. The molecule has 1 saturated carbocycles. The van der Waals surface area contributed by atoms with Crippen LogP contribution < -0.4 is 10.6 Å². The highest BCUT2D eigenvalue weighted by Crippen LogP contribution is 2.25. The molecule has 8 heteroatoms. The molecule has 1 heterocycles. The first-order valence-corrected chi connectivity index (χ1v) is 9.18. The van der Waals surface area contributed by atoms with E-state index in [1.165, 1.54) is 0 Å². The summed E-state index contributed by atoms with van der Waals surface area (Å²) in [6, 6.07) is 0.345. The van der Waals surface area contributed by atoms with Crippen LogP contribution in [-0.4, -0.2) is 52.9 Å². The van der Waals surface area contributed by atoms with Gasteiger partial charge in [-0.3, -0.25) is 9.79 Å². The molecule has 1 aromatic rings. The molecule has 140 valence electrons.